The van der Waals surface area contributed by atoms with Crippen LogP contribution in [0, 0.1) is 5.82 Å². The predicted octanol–water partition coefficient (Wildman–Crippen LogP) is 1.04. The van der Waals surface area contributed by atoms with Crippen molar-refractivity contribution in [1.82, 2.24) is 5.32 Å². The highest BCUT2D eigenvalue weighted by molar-refractivity contribution is 6.01. The molecule has 0 aliphatic carbocycles. The number of imide groups is 1. The molecular weight excluding hydrogens is 241 g/mol. The lowest BCUT2D eigenvalue weighted by atomic mass is 9.90. The van der Waals surface area contributed by atoms with Crippen LogP contribution in [0.3, 0.4) is 0 Å². The van der Waals surface area contributed by atoms with Gasteiger partial charge in [-0.05, 0) is 24.1 Å². The largest absolute Gasteiger partial charge is 0.478 e. The van der Waals surface area contributed by atoms with Crippen molar-refractivity contribution in [2.24, 2.45) is 0 Å². The molecule has 0 saturated carbocycles. The quantitative estimate of drug-likeness (QED) is 0.769. The Morgan fingerprint density at radius 3 is 2.67 bits per heavy atom. The highest BCUT2D eigenvalue weighted by Gasteiger charge is 2.28. The maximum Gasteiger partial charge on any atom is 0.338 e. The number of carbonyl (C=O) groups excluding carboxylic acids is 2. The van der Waals surface area contributed by atoms with Crippen LogP contribution in [0.1, 0.15) is 34.7 Å². The summed E-state index contributed by atoms with van der Waals surface area (Å²) in [7, 11) is 0. The summed E-state index contributed by atoms with van der Waals surface area (Å²) in [5.41, 5.74) is -0.0615. The van der Waals surface area contributed by atoms with E-state index in [4.69, 9.17) is 5.11 Å². The molecule has 1 atom stereocenters. The first-order valence-corrected chi connectivity index (χ1v) is 5.35. The number of hydrogen-bond donors (Lipinski definition) is 2. The Labute approximate surface area is 102 Å². The molecule has 2 N–H and O–H groups in total. The number of carboxylic acid groups (broad SMARTS) is 1. The molecule has 1 aliphatic heterocycles. The van der Waals surface area contributed by atoms with Crippen LogP contribution in [0.4, 0.5) is 4.39 Å². The lowest BCUT2D eigenvalue weighted by Crippen LogP contribution is -2.39. The van der Waals surface area contributed by atoms with Crippen LogP contribution in [0.5, 0.6) is 0 Å². The molecule has 1 heterocycles. The Morgan fingerprint density at radius 1 is 1.39 bits per heavy atom. The highest BCUT2D eigenvalue weighted by Crippen LogP contribution is 2.26. The van der Waals surface area contributed by atoms with Crippen molar-refractivity contribution in [2.45, 2.75) is 18.8 Å². The van der Waals surface area contributed by atoms with Crippen molar-refractivity contribution < 1.29 is 23.9 Å². The van der Waals surface area contributed by atoms with Gasteiger partial charge in [0.1, 0.15) is 5.82 Å². The fourth-order valence-electron chi connectivity index (χ4n) is 1.93. The zero-order valence-electron chi connectivity index (χ0n) is 9.27. The van der Waals surface area contributed by atoms with E-state index in [2.05, 4.69) is 5.32 Å². The molecular formula is C12H10FNO4. The molecule has 2 rings (SSSR count). The van der Waals surface area contributed by atoms with Crippen LogP contribution < -0.4 is 5.32 Å². The van der Waals surface area contributed by atoms with Crippen LogP contribution in [0.2, 0.25) is 0 Å². The van der Waals surface area contributed by atoms with Gasteiger partial charge in [0.2, 0.25) is 11.8 Å². The zero-order valence-corrected chi connectivity index (χ0v) is 9.27. The number of carbonyl (C=O) groups is 3. The lowest BCUT2D eigenvalue weighted by Gasteiger charge is -2.21. The van der Waals surface area contributed by atoms with Crippen molar-refractivity contribution in [1.29, 1.82) is 0 Å². The van der Waals surface area contributed by atoms with Gasteiger partial charge in [0, 0.05) is 6.42 Å². The topological polar surface area (TPSA) is 83.5 Å². The van der Waals surface area contributed by atoms with E-state index in [0.29, 0.717) is 12.0 Å². The molecule has 0 aromatic heterocycles. The maximum atomic E-state index is 13.5. The molecule has 1 aromatic carbocycles. The van der Waals surface area contributed by atoms with E-state index in [9.17, 15) is 18.8 Å². The van der Waals surface area contributed by atoms with Gasteiger partial charge >= 0.3 is 5.97 Å². The molecule has 1 unspecified atom stereocenters. The summed E-state index contributed by atoms with van der Waals surface area (Å²) in [6, 6.07) is 3.55. The third-order valence-corrected chi connectivity index (χ3v) is 2.87. The Morgan fingerprint density at radius 2 is 2.11 bits per heavy atom. The van der Waals surface area contributed by atoms with Crippen molar-refractivity contribution >= 4 is 17.8 Å². The number of carboxylic acids is 1. The molecule has 1 aliphatic rings. The summed E-state index contributed by atoms with van der Waals surface area (Å²) in [6.07, 6.45) is 0.495. The average Bonchev–Trinajstić information content (AvgIpc) is 2.28. The number of benzene rings is 1. The van der Waals surface area contributed by atoms with E-state index in [0.717, 1.165) is 12.1 Å². The van der Waals surface area contributed by atoms with Crippen molar-refractivity contribution in [3.8, 4) is 0 Å². The van der Waals surface area contributed by atoms with Gasteiger partial charge in [-0.2, -0.15) is 0 Å². The smallest absolute Gasteiger partial charge is 0.338 e. The van der Waals surface area contributed by atoms with Crippen molar-refractivity contribution in [3.05, 3.63) is 35.1 Å². The van der Waals surface area contributed by atoms with E-state index < -0.39 is 29.2 Å². The molecule has 0 radical (unpaired) electrons. The maximum absolute atomic E-state index is 13.5. The van der Waals surface area contributed by atoms with Crippen LogP contribution in [0.25, 0.3) is 0 Å². The second-order valence-electron chi connectivity index (χ2n) is 4.05. The molecule has 0 bridgehead atoms. The minimum atomic E-state index is -1.36. The average molecular weight is 251 g/mol. The van der Waals surface area contributed by atoms with Gasteiger partial charge in [-0.3, -0.25) is 14.9 Å². The first kappa shape index (κ1) is 12.2. The fourth-order valence-corrected chi connectivity index (χ4v) is 1.93. The second kappa shape index (κ2) is 4.56. The Balaban J connectivity index is 2.29. The molecule has 1 aromatic rings. The summed E-state index contributed by atoms with van der Waals surface area (Å²) in [5.74, 6) is -3.68. The summed E-state index contributed by atoms with van der Waals surface area (Å²) < 4.78 is 13.5. The van der Waals surface area contributed by atoms with Gasteiger partial charge in [0.05, 0.1) is 11.5 Å². The van der Waals surface area contributed by atoms with Gasteiger partial charge in [0.25, 0.3) is 0 Å². The Hall–Kier alpha value is -2.24. The van der Waals surface area contributed by atoms with Crippen LogP contribution in [-0.2, 0) is 9.59 Å². The van der Waals surface area contributed by atoms with Gasteiger partial charge in [-0.15, -0.1) is 0 Å². The standard InChI is InChI=1S/C12H10FNO4/c13-9-5-6(1-2-8(9)12(17)18)7-3-4-10(15)14-11(7)16/h1-2,5,7H,3-4H2,(H,17,18)(H,14,15,16). The highest BCUT2D eigenvalue weighted by atomic mass is 19.1. The van der Waals surface area contributed by atoms with Crippen LogP contribution in [0.15, 0.2) is 18.2 Å². The van der Waals surface area contributed by atoms with Gasteiger partial charge in [-0.25, -0.2) is 9.18 Å². The van der Waals surface area contributed by atoms with Crippen molar-refractivity contribution in [3.63, 3.8) is 0 Å². The fraction of sp³-hybridized carbons (Fsp3) is 0.250. The monoisotopic (exact) mass is 251 g/mol. The first-order valence-electron chi connectivity index (χ1n) is 5.35. The molecule has 0 spiro atoms. The molecule has 6 heteroatoms. The van der Waals surface area contributed by atoms with E-state index >= 15 is 0 Å². The van der Waals surface area contributed by atoms with E-state index in [1.54, 1.807) is 0 Å². The first-order chi connectivity index (χ1) is 8.49. The minimum absolute atomic E-state index is 0.193. The number of nitrogens with one attached hydrogen (secondary N) is 1. The normalized spacial score (nSPS) is 19.5. The molecule has 1 fully saturated rings. The Kier molecular flexibility index (Phi) is 3.10. The molecule has 94 valence electrons. The number of hydrogen-bond acceptors (Lipinski definition) is 3. The molecule has 5 nitrogen and oxygen atoms in total. The number of halogens is 1. The third-order valence-electron chi connectivity index (χ3n) is 2.87. The van der Waals surface area contributed by atoms with Gasteiger partial charge in [0.15, 0.2) is 0 Å². The van der Waals surface area contributed by atoms with E-state index in [1.807, 2.05) is 0 Å². The second-order valence-corrected chi connectivity index (χ2v) is 4.05. The summed E-state index contributed by atoms with van der Waals surface area (Å²) in [5, 5.41) is 10.9. The molecule has 18 heavy (non-hydrogen) atoms. The predicted molar refractivity (Wildman–Crippen MR) is 58.5 cm³/mol. The van der Waals surface area contributed by atoms with E-state index in [-0.39, 0.29) is 12.3 Å². The Bertz CT molecular complexity index is 541. The molecule has 1 saturated heterocycles. The van der Waals surface area contributed by atoms with Crippen LogP contribution in [-0.4, -0.2) is 22.9 Å². The minimum Gasteiger partial charge on any atom is -0.478 e. The summed E-state index contributed by atoms with van der Waals surface area (Å²) >= 11 is 0. The van der Waals surface area contributed by atoms with Gasteiger partial charge < -0.3 is 5.11 Å². The number of rotatable bonds is 2. The zero-order chi connectivity index (χ0) is 13.3. The summed E-state index contributed by atoms with van der Waals surface area (Å²) in [4.78, 5) is 33.2. The van der Waals surface area contributed by atoms with E-state index in [1.165, 1.54) is 6.07 Å². The SMILES string of the molecule is O=C1CCC(c2ccc(C(=O)O)c(F)c2)C(=O)N1. The number of aromatic carboxylic acids is 1. The summed E-state index contributed by atoms with van der Waals surface area (Å²) in [6.45, 7) is 0. The third kappa shape index (κ3) is 2.22. The molecule has 2 amide bonds. The van der Waals surface area contributed by atoms with Gasteiger partial charge in [-0.1, -0.05) is 6.07 Å². The lowest BCUT2D eigenvalue weighted by molar-refractivity contribution is -0.134. The number of amides is 2. The van der Waals surface area contributed by atoms with Crippen LogP contribution >= 0.6 is 0 Å². The van der Waals surface area contributed by atoms with Crippen molar-refractivity contribution in [2.75, 3.05) is 0 Å². The number of piperidine rings is 1.